The largest absolute Gasteiger partial charge is 0.312 e. The minimum absolute atomic E-state index is 0.604. The van der Waals surface area contributed by atoms with Crippen LogP contribution in [0, 0.1) is 0 Å². The molecule has 0 heterocycles. The molecule has 1 atom stereocenters. The van der Waals surface area contributed by atoms with Gasteiger partial charge in [0.05, 0.1) is 0 Å². The second kappa shape index (κ2) is 5.56. The lowest BCUT2D eigenvalue weighted by molar-refractivity contribution is 0.357. The van der Waals surface area contributed by atoms with E-state index in [0.717, 1.165) is 0 Å². The van der Waals surface area contributed by atoms with Crippen molar-refractivity contribution in [2.24, 2.45) is 0 Å². The normalized spacial score (nSPS) is 14.5. The fourth-order valence-electron chi connectivity index (χ4n) is 1.10. The van der Waals surface area contributed by atoms with E-state index in [1.807, 2.05) is 0 Å². The lowest BCUT2D eigenvalue weighted by Gasteiger charge is -2.18. The third kappa shape index (κ3) is 7.82. The highest BCUT2D eigenvalue weighted by Gasteiger charge is 2.02. The molecule has 0 spiro atoms. The van der Waals surface area contributed by atoms with Crippen LogP contribution in [0.3, 0.4) is 0 Å². The molecule has 2 heteroatoms. The van der Waals surface area contributed by atoms with Crippen LogP contribution < -0.4 is 5.32 Å². The molecule has 0 aliphatic rings. The van der Waals surface area contributed by atoms with E-state index in [1.165, 1.54) is 13.0 Å². The summed E-state index contributed by atoms with van der Waals surface area (Å²) in [5, 5.41) is 3.47. The van der Waals surface area contributed by atoms with Gasteiger partial charge < -0.3 is 10.2 Å². The summed E-state index contributed by atoms with van der Waals surface area (Å²) in [5.74, 6) is 0. The molecule has 0 aliphatic carbocycles. The average molecular weight is 158 g/mol. The van der Waals surface area contributed by atoms with Crippen molar-refractivity contribution in [3.05, 3.63) is 0 Å². The molecule has 0 radical (unpaired) electrons. The number of nitrogens with one attached hydrogen (secondary N) is 1. The Kier molecular flexibility index (Phi) is 5.51. The van der Waals surface area contributed by atoms with Crippen LogP contribution in [0.1, 0.15) is 27.2 Å². The Bertz CT molecular complexity index is 89.6. The molecule has 0 aromatic carbocycles. The molecule has 1 unspecified atom stereocenters. The average Bonchev–Trinajstić information content (AvgIpc) is 1.82. The summed E-state index contributed by atoms with van der Waals surface area (Å²) in [4.78, 5) is 2.22. The highest BCUT2D eigenvalue weighted by molar-refractivity contribution is 4.64. The van der Waals surface area contributed by atoms with Crippen molar-refractivity contribution >= 4 is 0 Å². The zero-order valence-corrected chi connectivity index (χ0v) is 8.52. The van der Waals surface area contributed by atoms with Crippen molar-refractivity contribution in [2.75, 3.05) is 20.6 Å². The predicted octanol–water partition coefficient (Wildman–Crippen LogP) is 1.32. The van der Waals surface area contributed by atoms with Gasteiger partial charge in [0.25, 0.3) is 0 Å². The summed E-state index contributed by atoms with van der Waals surface area (Å²) in [7, 11) is 4.23. The van der Waals surface area contributed by atoms with Crippen LogP contribution in [0.25, 0.3) is 0 Å². The summed E-state index contributed by atoms with van der Waals surface area (Å²) in [6.45, 7) is 7.78. The Balaban J connectivity index is 3.29. The van der Waals surface area contributed by atoms with Gasteiger partial charge in [-0.05, 0) is 34.0 Å². The van der Waals surface area contributed by atoms with Crippen molar-refractivity contribution in [3.8, 4) is 0 Å². The van der Waals surface area contributed by atoms with Gasteiger partial charge >= 0.3 is 0 Å². The zero-order chi connectivity index (χ0) is 8.85. The lowest BCUT2D eigenvalue weighted by atomic mass is 10.2. The Morgan fingerprint density at radius 1 is 1.18 bits per heavy atom. The van der Waals surface area contributed by atoms with Crippen LogP contribution in [0.5, 0.6) is 0 Å². The van der Waals surface area contributed by atoms with Gasteiger partial charge in [-0.3, -0.25) is 0 Å². The summed E-state index contributed by atoms with van der Waals surface area (Å²) in [6, 6.07) is 1.24. The molecule has 0 amide bonds. The van der Waals surface area contributed by atoms with E-state index in [2.05, 4.69) is 45.1 Å². The monoisotopic (exact) mass is 158 g/mol. The maximum absolute atomic E-state index is 3.47. The van der Waals surface area contributed by atoms with Gasteiger partial charge in [-0.1, -0.05) is 13.8 Å². The van der Waals surface area contributed by atoms with Gasteiger partial charge in [0, 0.05) is 12.1 Å². The van der Waals surface area contributed by atoms with Crippen LogP contribution in [-0.4, -0.2) is 37.6 Å². The topological polar surface area (TPSA) is 15.3 Å². The Morgan fingerprint density at radius 2 is 1.73 bits per heavy atom. The third-order valence-corrected chi connectivity index (χ3v) is 1.63. The second-order valence-electron chi connectivity index (χ2n) is 3.81. The highest BCUT2D eigenvalue weighted by Crippen LogP contribution is 1.93. The van der Waals surface area contributed by atoms with Crippen LogP contribution in [0.4, 0.5) is 0 Å². The smallest absolute Gasteiger partial charge is 0.00532 e. The minimum Gasteiger partial charge on any atom is -0.312 e. The van der Waals surface area contributed by atoms with Crippen LogP contribution in [0.15, 0.2) is 0 Å². The van der Waals surface area contributed by atoms with Crippen molar-refractivity contribution in [1.29, 1.82) is 0 Å². The van der Waals surface area contributed by atoms with Crippen molar-refractivity contribution in [3.63, 3.8) is 0 Å². The molecule has 0 saturated carbocycles. The Morgan fingerprint density at radius 3 is 2.09 bits per heavy atom. The fraction of sp³-hybridized carbons (Fsp3) is 1.00. The molecular formula is C9H22N2. The highest BCUT2D eigenvalue weighted by atomic mass is 15.1. The molecule has 11 heavy (non-hydrogen) atoms. The second-order valence-corrected chi connectivity index (χ2v) is 3.81. The standard InChI is InChI=1S/C9H22N2/c1-8(2)10-9(3)6-7-11(4)5/h8-10H,6-7H2,1-5H3. The first-order valence-corrected chi connectivity index (χ1v) is 4.43. The molecule has 0 saturated heterocycles. The first kappa shape index (κ1) is 10.9. The van der Waals surface area contributed by atoms with E-state index >= 15 is 0 Å². The first-order chi connectivity index (χ1) is 5.02. The first-order valence-electron chi connectivity index (χ1n) is 4.43. The molecule has 0 aliphatic heterocycles. The summed E-state index contributed by atoms with van der Waals surface area (Å²) in [6.07, 6.45) is 1.23. The SMILES string of the molecule is CC(C)NC(C)CCN(C)C. The number of rotatable bonds is 5. The Hall–Kier alpha value is -0.0800. The number of nitrogens with zero attached hydrogens (tertiary/aromatic N) is 1. The third-order valence-electron chi connectivity index (χ3n) is 1.63. The summed E-state index contributed by atoms with van der Waals surface area (Å²) >= 11 is 0. The van der Waals surface area contributed by atoms with Gasteiger partial charge in [0.1, 0.15) is 0 Å². The van der Waals surface area contributed by atoms with Gasteiger partial charge in [-0.15, -0.1) is 0 Å². The molecule has 1 N–H and O–H groups in total. The van der Waals surface area contributed by atoms with E-state index in [0.29, 0.717) is 12.1 Å². The summed E-state index contributed by atoms with van der Waals surface area (Å²) < 4.78 is 0. The molecular weight excluding hydrogens is 136 g/mol. The minimum atomic E-state index is 0.604. The predicted molar refractivity (Wildman–Crippen MR) is 50.9 cm³/mol. The molecule has 68 valence electrons. The number of hydrogen-bond acceptors (Lipinski definition) is 2. The van der Waals surface area contributed by atoms with E-state index in [-0.39, 0.29) is 0 Å². The van der Waals surface area contributed by atoms with Gasteiger partial charge in [-0.2, -0.15) is 0 Å². The van der Waals surface area contributed by atoms with Gasteiger partial charge in [0.2, 0.25) is 0 Å². The number of hydrogen-bond donors (Lipinski definition) is 1. The van der Waals surface area contributed by atoms with Crippen molar-refractivity contribution in [2.45, 2.75) is 39.3 Å². The Labute approximate surface area is 71.0 Å². The van der Waals surface area contributed by atoms with E-state index in [1.54, 1.807) is 0 Å². The molecule has 0 bridgehead atoms. The maximum atomic E-state index is 3.47. The summed E-state index contributed by atoms with van der Waals surface area (Å²) in [5.41, 5.74) is 0. The maximum Gasteiger partial charge on any atom is 0.00532 e. The zero-order valence-electron chi connectivity index (χ0n) is 8.52. The van der Waals surface area contributed by atoms with Crippen LogP contribution in [0.2, 0.25) is 0 Å². The van der Waals surface area contributed by atoms with Crippen LogP contribution in [-0.2, 0) is 0 Å². The molecule has 0 aromatic rings. The van der Waals surface area contributed by atoms with Crippen molar-refractivity contribution < 1.29 is 0 Å². The van der Waals surface area contributed by atoms with Crippen LogP contribution >= 0.6 is 0 Å². The van der Waals surface area contributed by atoms with E-state index < -0.39 is 0 Å². The quantitative estimate of drug-likeness (QED) is 0.649. The van der Waals surface area contributed by atoms with Crippen molar-refractivity contribution in [1.82, 2.24) is 10.2 Å². The fourth-order valence-corrected chi connectivity index (χ4v) is 1.10. The molecule has 0 aromatic heterocycles. The van der Waals surface area contributed by atoms with Gasteiger partial charge in [0.15, 0.2) is 0 Å². The lowest BCUT2D eigenvalue weighted by Crippen LogP contribution is -2.34. The molecule has 2 nitrogen and oxygen atoms in total. The molecule has 0 fully saturated rings. The van der Waals surface area contributed by atoms with E-state index in [4.69, 9.17) is 0 Å². The van der Waals surface area contributed by atoms with Gasteiger partial charge in [-0.25, -0.2) is 0 Å². The van der Waals surface area contributed by atoms with E-state index in [9.17, 15) is 0 Å². The molecule has 0 rings (SSSR count).